The van der Waals surface area contributed by atoms with Crippen LogP contribution in [-0.4, -0.2) is 24.4 Å². The quantitative estimate of drug-likeness (QED) is 0.886. The van der Waals surface area contributed by atoms with Crippen LogP contribution in [-0.2, 0) is 6.54 Å². The number of hydrogen-bond acceptors (Lipinski definition) is 5. The molecule has 5 heteroatoms. The molecule has 2 N–H and O–H groups in total. The molecule has 0 saturated heterocycles. The van der Waals surface area contributed by atoms with Crippen molar-refractivity contribution in [2.45, 2.75) is 6.54 Å². The fourth-order valence-corrected chi connectivity index (χ4v) is 1.71. The van der Waals surface area contributed by atoms with Crippen LogP contribution in [0.25, 0.3) is 0 Å². The summed E-state index contributed by atoms with van der Waals surface area (Å²) in [7, 11) is 3.62. The molecule has 0 amide bonds. The van der Waals surface area contributed by atoms with Gasteiger partial charge in [0.1, 0.15) is 11.6 Å². The highest BCUT2D eigenvalue weighted by Gasteiger charge is 2.07. The first-order chi connectivity index (χ1) is 8.70. The van der Waals surface area contributed by atoms with E-state index in [4.69, 9.17) is 10.5 Å². The van der Waals surface area contributed by atoms with Crippen LogP contribution in [0.1, 0.15) is 5.56 Å². The van der Waals surface area contributed by atoms with E-state index >= 15 is 0 Å². The SMILES string of the molecule is COc1ccccc1CN(C)c1ccc(N)nn1. The molecule has 0 saturated carbocycles. The minimum absolute atomic E-state index is 0.421. The van der Waals surface area contributed by atoms with Gasteiger partial charge in [0.25, 0.3) is 0 Å². The van der Waals surface area contributed by atoms with Crippen molar-refractivity contribution >= 4 is 11.6 Å². The molecule has 0 radical (unpaired) electrons. The third-order valence-electron chi connectivity index (χ3n) is 2.66. The third kappa shape index (κ3) is 2.68. The second-order valence-electron chi connectivity index (χ2n) is 3.98. The van der Waals surface area contributed by atoms with Crippen molar-refractivity contribution < 1.29 is 4.74 Å². The Labute approximate surface area is 106 Å². The molecule has 0 aliphatic heterocycles. The molecule has 0 aliphatic rings. The van der Waals surface area contributed by atoms with Gasteiger partial charge in [0.05, 0.1) is 7.11 Å². The maximum Gasteiger partial charge on any atom is 0.151 e. The lowest BCUT2D eigenvalue weighted by atomic mass is 10.2. The average molecular weight is 244 g/mol. The normalized spacial score (nSPS) is 10.1. The van der Waals surface area contributed by atoms with E-state index in [1.54, 1.807) is 13.2 Å². The molecule has 0 bridgehead atoms. The predicted octanol–water partition coefficient (Wildman–Crippen LogP) is 1.70. The van der Waals surface area contributed by atoms with Gasteiger partial charge in [0.15, 0.2) is 5.82 Å². The first kappa shape index (κ1) is 12.2. The zero-order valence-electron chi connectivity index (χ0n) is 10.5. The summed E-state index contributed by atoms with van der Waals surface area (Å²) in [5, 5.41) is 7.88. The average Bonchev–Trinajstić information content (AvgIpc) is 2.40. The Morgan fingerprint density at radius 1 is 1.17 bits per heavy atom. The number of nitrogen functional groups attached to an aromatic ring is 1. The number of anilines is 2. The van der Waals surface area contributed by atoms with E-state index < -0.39 is 0 Å². The molecule has 1 aromatic heterocycles. The van der Waals surface area contributed by atoms with Crippen LogP contribution >= 0.6 is 0 Å². The van der Waals surface area contributed by atoms with Gasteiger partial charge in [-0.3, -0.25) is 0 Å². The van der Waals surface area contributed by atoms with Crippen LogP contribution < -0.4 is 15.4 Å². The molecule has 94 valence electrons. The molecule has 0 unspecified atom stereocenters. The number of aromatic nitrogens is 2. The largest absolute Gasteiger partial charge is 0.496 e. The van der Waals surface area contributed by atoms with E-state index in [-0.39, 0.29) is 0 Å². The molecule has 5 nitrogen and oxygen atoms in total. The maximum absolute atomic E-state index is 5.51. The van der Waals surface area contributed by atoms with Gasteiger partial charge >= 0.3 is 0 Å². The summed E-state index contributed by atoms with van der Waals surface area (Å²) in [6, 6.07) is 11.5. The molecule has 0 fully saturated rings. The van der Waals surface area contributed by atoms with Crippen LogP contribution in [0.5, 0.6) is 5.75 Å². The van der Waals surface area contributed by atoms with Crippen LogP contribution in [0.15, 0.2) is 36.4 Å². The van der Waals surface area contributed by atoms with Gasteiger partial charge in [0, 0.05) is 19.2 Å². The summed E-state index contributed by atoms with van der Waals surface area (Å²) >= 11 is 0. The van der Waals surface area contributed by atoms with Gasteiger partial charge in [-0.05, 0) is 18.2 Å². The highest BCUT2D eigenvalue weighted by atomic mass is 16.5. The summed E-state index contributed by atoms with van der Waals surface area (Å²) in [6.45, 7) is 0.697. The van der Waals surface area contributed by atoms with Crippen molar-refractivity contribution in [2.75, 3.05) is 24.8 Å². The fraction of sp³-hybridized carbons (Fsp3) is 0.231. The second kappa shape index (κ2) is 5.35. The number of para-hydroxylation sites is 1. The van der Waals surface area contributed by atoms with Crippen molar-refractivity contribution in [1.29, 1.82) is 0 Å². The standard InChI is InChI=1S/C13H16N4O/c1-17(13-8-7-12(14)15-16-13)9-10-5-3-4-6-11(10)18-2/h3-8H,9H2,1-2H3,(H2,14,15). The lowest BCUT2D eigenvalue weighted by Gasteiger charge is -2.19. The lowest BCUT2D eigenvalue weighted by molar-refractivity contribution is 0.409. The molecule has 1 heterocycles. The zero-order valence-corrected chi connectivity index (χ0v) is 10.5. The molecular weight excluding hydrogens is 228 g/mol. The number of ether oxygens (including phenoxy) is 1. The lowest BCUT2D eigenvalue weighted by Crippen LogP contribution is -2.18. The summed E-state index contributed by atoms with van der Waals surface area (Å²) in [5.74, 6) is 2.06. The molecule has 0 atom stereocenters. The number of nitrogens with two attached hydrogens (primary N) is 1. The summed E-state index contributed by atoms with van der Waals surface area (Å²) in [5.41, 5.74) is 6.61. The van der Waals surface area contributed by atoms with Crippen LogP contribution in [0.2, 0.25) is 0 Å². The summed E-state index contributed by atoms with van der Waals surface area (Å²) in [6.07, 6.45) is 0. The van der Waals surface area contributed by atoms with Gasteiger partial charge in [-0.25, -0.2) is 0 Å². The Morgan fingerprint density at radius 3 is 2.61 bits per heavy atom. The van der Waals surface area contributed by atoms with Gasteiger partial charge < -0.3 is 15.4 Å². The zero-order chi connectivity index (χ0) is 13.0. The van der Waals surface area contributed by atoms with Crippen LogP contribution in [0, 0.1) is 0 Å². The highest BCUT2D eigenvalue weighted by Crippen LogP contribution is 2.20. The van der Waals surface area contributed by atoms with E-state index in [0.29, 0.717) is 12.4 Å². The number of hydrogen-bond donors (Lipinski definition) is 1. The summed E-state index contributed by atoms with van der Waals surface area (Å²) < 4.78 is 5.32. The van der Waals surface area contributed by atoms with Gasteiger partial charge in [0.2, 0.25) is 0 Å². The van der Waals surface area contributed by atoms with Gasteiger partial charge in [-0.2, -0.15) is 0 Å². The Kier molecular flexibility index (Phi) is 3.62. The minimum Gasteiger partial charge on any atom is -0.496 e. The van der Waals surface area contributed by atoms with Gasteiger partial charge in [-0.15, -0.1) is 10.2 Å². The molecule has 2 aromatic rings. The summed E-state index contributed by atoms with van der Waals surface area (Å²) in [4.78, 5) is 1.99. The molecule has 0 aliphatic carbocycles. The predicted molar refractivity (Wildman–Crippen MR) is 71.5 cm³/mol. The third-order valence-corrected chi connectivity index (χ3v) is 2.66. The fourth-order valence-electron chi connectivity index (χ4n) is 1.71. The smallest absolute Gasteiger partial charge is 0.151 e. The molecular formula is C13H16N4O. The topological polar surface area (TPSA) is 64.3 Å². The maximum atomic E-state index is 5.51. The van der Waals surface area contributed by atoms with Crippen molar-refractivity contribution in [1.82, 2.24) is 10.2 Å². The van der Waals surface area contributed by atoms with E-state index in [1.807, 2.05) is 42.3 Å². The number of methoxy groups -OCH3 is 1. The minimum atomic E-state index is 0.421. The number of nitrogens with zero attached hydrogens (tertiary/aromatic N) is 3. The highest BCUT2D eigenvalue weighted by molar-refractivity contribution is 5.43. The number of rotatable bonds is 4. The number of benzene rings is 1. The van der Waals surface area contributed by atoms with E-state index in [0.717, 1.165) is 17.1 Å². The Morgan fingerprint density at radius 2 is 1.94 bits per heavy atom. The molecule has 1 aromatic carbocycles. The monoisotopic (exact) mass is 244 g/mol. The van der Waals surface area contributed by atoms with Crippen molar-refractivity contribution in [3.8, 4) is 5.75 Å². The first-order valence-corrected chi connectivity index (χ1v) is 5.63. The molecule has 18 heavy (non-hydrogen) atoms. The van der Waals surface area contributed by atoms with Crippen molar-refractivity contribution in [3.63, 3.8) is 0 Å². The Hall–Kier alpha value is -2.30. The van der Waals surface area contributed by atoms with E-state index in [1.165, 1.54) is 0 Å². The van der Waals surface area contributed by atoms with Gasteiger partial charge in [-0.1, -0.05) is 18.2 Å². The van der Waals surface area contributed by atoms with Crippen molar-refractivity contribution in [2.24, 2.45) is 0 Å². The van der Waals surface area contributed by atoms with Crippen molar-refractivity contribution in [3.05, 3.63) is 42.0 Å². The van der Waals surface area contributed by atoms with E-state index in [9.17, 15) is 0 Å². The molecule has 2 rings (SSSR count). The first-order valence-electron chi connectivity index (χ1n) is 5.63. The van der Waals surface area contributed by atoms with E-state index in [2.05, 4.69) is 10.2 Å². The van der Waals surface area contributed by atoms with Crippen LogP contribution in [0.3, 0.4) is 0 Å². The Bertz CT molecular complexity index is 513. The molecule has 0 spiro atoms. The Balaban J connectivity index is 2.15. The second-order valence-corrected chi connectivity index (χ2v) is 3.98. The van der Waals surface area contributed by atoms with Crippen LogP contribution in [0.4, 0.5) is 11.6 Å².